The molecular formula is C22H41NOSi. The van der Waals surface area contributed by atoms with Crippen LogP contribution in [0.5, 0.6) is 0 Å². The van der Waals surface area contributed by atoms with Gasteiger partial charge in [0.1, 0.15) is 0 Å². The molecule has 2 rings (SSSR count). The van der Waals surface area contributed by atoms with Gasteiger partial charge in [-0.1, -0.05) is 41.0 Å². The van der Waals surface area contributed by atoms with E-state index in [1.165, 1.54) is 50.2 Å². The Morgan fingerprint density at radius 1 is 1.16 bits per heavy atom. The van der Waals surface area contributed by atoms with Crippen LogP contribution in [0.4, 0.5) is 0 Å². The molecule has 0 unspecified atom stereocenters. The first kappa shape index (κ1) is 21.0. The fourth-order valence-electron chi connectivity index (χ4n) is 6.05. The Labute approximate surface area is 157 Å². The quantitative estimate of drug-likeness (QED) is 0.467. The molecule has 144 valence electrons. The highest BCUT2D eigenvalue weighted by Gasteiger charge is 2.55. The first-order chi connectivity index (χ1) is 11.7. The number of fused-ring (bicyclic) bond motifs is 1. The molecule has 0 spiro atoms. The molecule has 2 aliphatic rings. The summed E-state index contributed by atoms with van der Waals surface area (Å²) in [7, 11) is -1.54. The van der Waals surface area contributed by atoms with Gasteiger partial charge in [-0.3, -0.25) is 0 Å². The van der Waals surface area contributed by atoms with E-state index in [-0.39, 0.29) is 5.41 Å². The highest BCUT2D eigenvalue weighted by Crippen LogP contribution is 2.60. The van der Waals surface area contributed by atoms with Gasteiger partial charge in [-0.05, 0) is 80.8 Å². The van der Waals surface area contributed by atoms with Gasteiger partial charge in [-0.25, -0.2) is 0 Å². The third kappa shape index (κ3) is 3.72. The van der Waals surface area contributed by atoms with Gasteiger partial charge in [0.25, 0.3) is 0 Å². The van der Waals surface area contributed by atoms with Crippen molar-refractivity contribution in [3.63, 3.8) is 0 Å². The van der Waals surface area contributed by atoms with E-state index in [1.807, 2.05) is 0 Å². The molecule has 0 N–H and O–H groups in total. The molecule has 0 aromatic rings. The van der Waals surface area contributed by atoms with Crippen molar-refractivity contribution < 1.29 is 4.43 Å². The van der Waals surface area contributed by atoms with Crippen LogP contribution >= 0.6 is 0 Å². The lowest BCUT2D eigenvalue weighted by molar-refractivity contribution is -0.0290. The topological polar surface area (TPSA) is 33.0 Å². The minimum Gasteiger partial charge on any atom is -0.414 e. The molecule has 0 aromatic carbocycles. The summed E-state index contributed by atoms with van der Waals surface area (Å²) >= 11 is 0. The molecule has 2 fully saturated rings. The molecule has 25 heavy (non-hydrogen) atoms. The van der Waals surface area contributed by atoms with Crippen molar-refractivity contribution in [2.45, 2.75) is 105 Å². The summed E-state index contributed by atoms with van der Waals surface area (Å²) in [6, 6.07) is 6.34. The predicted octanol–water partition coefficient (Wildman–Crippen LogP) is 6.78. The molecule has 0 heterocycles. The van der Waals surface area contributed by atoms with E-state index in [9.17, 15) is 5.26 Å². The maximum Gasteiger partial charge on any atom is 0.192 e. The van der Waals surface area contributed by atoms with Crippen LogP contribution in [0.1, 0.15) is 80.6 Å². The fourth-order valence-corrected chi connectivity index (χ4v) is 8.97. The Morgan fingerprint density at radius 2 is 1.76 bits per heavy atom. The molecule has 3 heteroatoms. The number of hydrogen-bond donors (Lipinski definition) is 0. The van der Waals surface area contributed by atoms with Crippen molar-refractivity contribution in [3.8, 4) is 6.07 Å². The lowest BCUT2D eigenvalue weighted by atomic mass is 9.58. The van der Waals surface area contributed by atoms with Crippen molar-refractivity contribution in [2.75, 3.05) is 0 Å². The van der Waals surface area contributed by atoms with Gasteiger partial charge in [0.15, 0.2) is 8.32 Å². The van der Waals surface area contributed by atoms with E-state index in [2.05, 4.69) is 54.5 Å². The van der Waals surface area contributed by atoms with Crippen LogP contribution in [-0.4, -0.2) is 14.4 Å². The molecule has 5 atom stereocenters. The SMILES string of the molecule is CC[Si](CC)(CC)O[C@H]1CCC[C@]2(C)[C@@H]([C@H](C)C(C)(C)C#N)CC[C@@H]12. The molecular weight excluding hydrogens is 322 g/mol. The Hall–Kier alpha value is -0.333. The zero-order chi connectivity index (χ0) is 18.9. The fraction of sp³-hybridized carbons (Fsp3) is 0.955. The Balaban J connectivity index is 2.22. The van der Waals surface area contributed by atoms with Gasteiger partial charge >= 0.3 is 0 Å². The van der Waals surface area contributed by atoms with Crippen molar-refractivity contribution in [3.05, 3.63) is 0 Å². The molecule has 2 saturated carbocycles. The first-order valence-electron chi connectivity index (χ1n) is 10.8. The summed E-state index contributed by atoms with van der Waals surface area (Å²) in [5.41, 5.74) is 0.136. The third-order valence-corrected chi connectivity index (χ3v) is 13.2. The number of nitrogens with zero attached hydrogens (tertiary/aromatic N) is 1. The van der Waals surface area contributed by atoms with E-state index in [0.717, 1.165) is 0 Å². The van der Waals surface area contributed by atoms with Crippen molar-refractivity contribution in [1.82, 2.24) is 0 Å². The van der Waals surface area contributed by atoms with Crippen LogP contribution in [0.25, 0.3) is 0 Å². The summed E-state index contributed by atoms with van der Waals surface area (Å²) in [4.78, 5) is 0. The number of nitriles is 1. The maximum atomic E-state index is 9.64. The van der Waals surface area contributed by atoms with Crippen LogP contribution < -0.4 is 0 Å². The van der Waals surface area contributed by atoms with E-state index in [4.69, 9.17) is 4.43 Å². The summed E-state index contributed by atoms with van der Waals surface area (Å²) in [6.07, 6.45) is 6.96. The zero-order valence-corrected chi connectivity index (χ0v) is 18.8. The van der Waals surface area contributed by atoms with Crippen LogP contribution in [0.2, 0.25) is 18.1 Å². The Morgan fingerprint density at radius 3 is 2.28 bits per heavy atom. The third-order valence-electron chi connectivity index (χ3n) is 8.50. The Bertz CT molecular complexity index is 484. The van der Waals surface area contributed by atoms with Crippen LogP contribution in [0.15, 0.2) is 0 Å². The highest BCUT2D eigenvalue weighted by atomic mass is 28.4. The standard InChI is InChI=1S/C22H41NOSi/c1-8-25(9-2,10-3)24-20-12-11-15-22(7)18(13-14-19(20)22)17(4)21(5,6)16-23/h17-20H,8-15H2,1-7H3/t17-,18+,19-,20-,22+/m0/s1. The molecule has 0 amide bonds. The number of hydrogen-bond acceptors (Lipinski definition) is 2. The lowest BCUT2D eigenvalue weighted by Crippen LogP contribution is -2.49. The van der Waals surface area contributed by atoms with E-state index in [1.54, 1.807) is 0 Å². The maximum absolute atomic E-state index is 9.64. The zero-order valence-electron chi connectivity index (χ0n) is 17.8. The average molecular weight is 364 g/mol. The van der Waals surface area contributed by atoms with Crippen molar-refractivity contribution in [1.29, 1.82) is 5.26 Å². The minimum atomic E-state index is -1.54. The molecule has 2 nitrogen and oxygen atoms in total. The second-order valence-corrected chi connectivity index (χ2v) is 14.4. The second kappa shape index (κ2) is 7.73. The van der Waals surface area contributed by atoms with Crippen molar-refractivity contribution >= 4 is 8.32 Å². The van der Waals surface area contributed by atoms with E-state index in [0.29, 0.717) is 29.3 Å². The summed E-state index contributed by atoms with van der Waals surface area (Å²) < 4.78 is 7.02. The van der Waals surface area contributed by atoms with Gasteiger partial charge in [0, 0.05) is 6.10 Å². The predicted molar refractivity (Wildman–Crippen MR) is 109 cm³/mol. The largest absolute Gasteiger partial charge is 0.414 e. The van der Waals surface area contributed by atoms with E-state index < -0.39 is 8.32 Å². The first-order valence-corrected chi connectivity index (χ1v) is 13.3. The van der Waals surface area contributed by atoms with Crippen LogP contribution in [0.3, 0.4) is 0 Å². The summed E-state index contributed by atoms with van der Waals surface area (Å²) in [6.45, 7) is 16.2. The van der Waals surface area contributed by atoms with Crippen LogP contribution in [0, 0.1) is 39.9 Å². The number of rotatable bonds is 7. The second-order valence-electron chi connectivity index (χ2n) is 9.71. The molecule has 0 radical (unpaired) electrons. The summed E-state index contributed by atoms with van der Waals surface area (Å²) in [5.74, 6) is 1.83. The average Bonchev–Trinajstić information content (AvgIpc) is 2.96. The van der Waals surface area contributed by atoms with Gasteiger partial charge < -0.3 is 4.43 Å². The molecule has 2 aliphatic carbocycles. The van der Waals surface area contributed by atoms with Gasteiger partial charge in [-0.2, -0.15) is 5.26 Å². The van der Waals surface area contributed by atoms with Crippen LogP contribution in [-0.2, 0) is 4.43 Å². The smallest absolute Gasteiger partial charge is 0.192 e. The monoisotopic (exact) mass is 363 g/mol. The molecule has 0 bridgehead atoms. The van der Waals surface area contributed by atoms with Gasteiger partial charge in [-0.15, -0.1) is 0 Å². The lowest BCUT2D eigenvalue weighted by Gasteiger charge is -2.50. The van der Waals surface area contributed by atoms with Crippen molar-refractivity contribution in [2.24, 2.45) is 28.6 Å². The Kier molecular flexibility index (Phi) is 6.48. The minimum absolute atomic E-state index is 0.231. The van der Waals surface area contributed by atoms with E-state index >= 15 is 0 Å². The van der Waals surface area contributed by atoms with Gasteiger partial charge in [0.05, 0.1) is 11.5 Å². The van der Waals surface area contributed by atoms with Gasteiger partial charge in [0.2, 0.25) is 0 Å². The molecule has 0 aromatic heterocycles. The molecule has 0 saturated heterocycles. The normalized spacial score (nSPS) is 34.4. The summed E-state index contributed by atoms with van der Waals surface area (Å²) in [5, 5.41) is 9.64. The molecule has 0 aliphatic heterocycles. The highest BCUT2D eigenvalue weighted by molar-refractivity contribution is 6.73.